The summed E-state index contributed by atoms with van der Waals surface area (Å²) in [6.45, 7) is 0. The van der Waals surface area contributed by atoms with E-state index in [0.717, 1.165) is 6.07 Å². The molecule has 0 saturated carbocycles. The number of hydrogen-bond acceptors (Lipinski definition) is 1. The summed E-state index contributed by atoms with van der Waals surface area (Å²) in [5, 5.41) is 8.41. The molecule has 2 aromatic carbocycles. The van der Waals surface area contributed by atoms with Crippen molar-refractivity contribution < 1.29 is 27.5 Å². The molecule has 0 atom stereocenters. The van der Waals surface area contributed by atoms with Crippen molar-refractivity contribution in [2.75, 3.05) is 0 Å². The van der Waals surface area contributed by atoms with Crippen molar-refractivity contribution in [3.8, 4) is 11.1 Å². The molecule has 2 nitrogen and oxygen atoms in total. The Morgan fingerprint density at radius 3 is 1.95 bits per heavy atom. The third-order valence-corrected chi connectivity index (χ3v) is 3.24. The summed E-state index contributed by atoms with van der Waals surface area (Å²) in [5.41, 5.74) is -3.23. The van der Waals surface area contributed by atoms with E-state index in [1.165, 1.54) is 12.1 Å². The molecule has 0 aliphatic heterocycles. The Morgan fingerprint density at radius 2 is 1.48 bits per heavy atom. The number of benzene rings is 2. The van der Waals surface area contributed by atoms with E-state index in [2.05, 4.69) is 0 Å². The largest absolute Gasteiger partial charge is 0.477 e. The van der Waals surface area contributed by atoms with Gasteiger partial charge in [-0.25, -0.2) is 22.4 Å². The lowest BCUT2D eigenvalue weighted by Gasteiger charge is -2.11. The average molecular weight is 339 g/mol. The predicted molar refractivity (Wildman–Crippen MR) is 68.7 cm³/mol. The molecule has 0 radical (unpaired) electrons. The van der Waals surface area contributed by atoms with Crippen LogP contribution in [0.4, 0.5) is 17.6 Å². The standard InChI is InChI=1S/C13H4Cl2F4O2/c14-4-1-2-6(15)5(3-4)7-9(16)11(18)8(13(20)21)12(19)10(7)17/h1-3H,(H,20,21). The summed E-state index contributed by atoms with van der Waals surface area (Å²) in [4.78, 5) is 10.7. The zero-order chi connectivity index (χ0) is 15.9. The highest BCUT2D eigenvalue weighted by molar-refractivity contribution is 6.35. The number of carbonyl (C=O) groups is 1. The van der Waals surface area contributed by atoms with Crippen LogP contribution in [0.5, 0.6) is 0 Å². The van der Waals surface area contributed by atoms with Crippen molar-refractivity contribution in [1.29, 1.82) is 0 Å². The second kappa shape index (κ2) is 5.54. The van der Waals surface area contributed by atoms with Gasteiger partial charge in [0.15, 0.2) is 23.3 Å². The topological polar surface area (TPSA) is 37.3 Å². The molecular formula is C13H4Cl2F4O2. The van der Waals surface area contributed by atoms with Crippen molar-refractivity contribution >= 4 is 29.2 Å². The Hall–Kier alpha value is -1.79. The molecule has 110 valence electrons. The fraction of sp³-hybridized carbons (Fsp3) is 0. The van der Waals surface area contributed by atoms with Crippen LogP contribution in [0.3, 0.4) is 0 Å². The summed E-state index contributed by atoms with van der Waals surface area (Å²) in [6.07, 6.45) is 0. The van der Waals surface area contributed by atoms with Crippen LogP contribution in [-0.4, -0.2) is 11.1 Å². The van der Waals surface area contributed by atoms with E-state index in [1.54, 1.807) is 0 Å². The lowest BCUT2D eigenvalue weighted by atomic mass is 10.0. The minimum atomic E-state index is -2.13. The first-order chi connectivity index (χ1) is 9.75. The van der Waals surface area contributed by atoms with E-state index in [0.29, 0.717) is 0 Å². The molecule has 0 aliphatic rings. The van der Waals surface area contributed by atoms with Crippen LogP contribution in [0, 0.1) is 23.3 Å². The fourth-order valence-corrected chi connectivity index (χ4v) is 2.13. The van der Waals surface area contributed by atoms with Crippen molar-refractivity contribution in [3.63, 3.8) is 0 Å². The maximum atomic E-state index is 13.9. The first kappa shape index (κ1) is 15.6. The second-order valence-electron chi connectivity index (χ2n) is 3.94. The van der Waals surface area contributed by atoms with Crippen LogP contribution in [0.2, 0.25) is 10.0 Å². The van der Waals surface area contributed by atoms with Gasteiger partial charge >= 0.3 is 5.97 Å². The van der Waals surface area contributed by atoms with E-state index >= 15 is 0 Å². The smallest absolute Gasteiger partial charge is 0.341 e. The molecule has 1 N–H and O–H groups in total. The molecule has 21 heavy (non-hydrogen) atoms. The normalized spacial score (nSPS) is 10.8. The number of halogens is 6. The van der Waals surface area contributed by atoms with Crippen molar-refractivity contribution in [3.05, 3.63) is 57.1 Å². The quantitative estimate of drug-likeness (QED) is 0.623. The minimum absolute atomic E-state index is 0.0244. The molecule has 0 bridgehead atoms. The van der Waals surface area contributed by atoms with Crippen LogP contribution in [0.15, 0.2) is 18.2 Å². The third-order valence-electron chi connectivity index (χ3n) is 2.67. The van der Waals surface area contributed by atoms with Gasteiger partial charge in [0.2, 0.25) is 0 Å². The summed E-state index contributed by atoms with van der Waals surface area (Å²) >= 11 is 11.4. The van der Waals surface area contributed by atoms with Crippen molar-refractivity contribution in [1.82, 2.24) is 0 Å². The monoisotopic (exact) mass is 338 g/mol. The van der Waals surface area contributed by atoms with Gasteiger partial charge in [0.25, 0.3) is 0 Å². The Balaban J connectivity index is 2.89. The molecule has 0 unspecified atom stereocenters. The molecule has 8 heteroatoms. The first-order valence-corrected chi connectivity index (χ1v) is 6.06. The van der Waals surface area contributed by atoms with Gasteiger partial charge in [-0.2, -0.15) is 0 Å². The zero-order valence-electron chi connectivity index (χ0n) is 9.86. The van der Waals surface area contributed by atoms with Crippen molar-refractivity contribution in [2.45, 2.75) is 0 Å². The van der Waals surface area contributed by atoms with E-state index < -0.39 is 45.9 Å². The fourth-order valence-electron chi connectivity index (χ4n) is 1.75. The summed E-state index contributed by atoms with van der Waals surface area (Å²) < 4.78 is 55.1. The maximum absolute atomic E-state index is 13.9. The van der Waals surface area contributed by atoms with E-state index in [-0.39, 0.29) is 10.0 Å². The highest BCUT2D eigenvalue weighted by atomic mass is 35.5. The Kier molecular flexibility index (Phi) is 4.11. The number of carboxylic acids is 1. The highest BCUT2D eigenvalue weighted by Crippen LogP contribution is 2.37. The average Bonchev–Trinajstić information content (AvgIpc) is 2.40. The van der Waals surface area contributed by atoms with Gasteiger partial charge in [-0.05, 0) is 18.2 Å². The molecule has 0 aliphatic carbocycles. The van der Waals surface area contributed by atoms with E-state index in [9.17, 15) is 22.4 Å². The number of aromatic carboxylic acids is 1. The van der Waals surface area contributed by atoms with Gasteiger partial charge in [-0.1, -0.05) is 23.2 Å². The molecule has 2 aromatic rings. The van der Waals surface area contributed by atoms with Crippen LogP contribution in [0.25, 0.3) is 11.1 Å². The van der Waals surface area contributed by atoms with Gasteiger partial charge in [0, 0.05) is 15.6 Å². The van der Waals surface area contributed by atoms with Gasteiger partial charge in [0.1, 0.15) is 5.56 Å². The molecule has 0 saturated heterocycles. The Morgan fingerprint density at radius 1 is 0.952 bits per heavy atom. The van der Waals surface area contributed by atoms with Gasteiger partial charge in [0.05, 0.1) is 5.56 Å². The van der Waals surface area contributed by atoms with Crippen LogP contribution in [-0.2, 0) is 0 Å². The lowest BCUT2D eigenvalue weighted by molar-refractivity contribution is 0.0683. The molecule has 0 fully saturated rings. The zero-order valence-corrected chi connectivity index (χ0v) is 11.4. The molecule has 0 heterocycles. The van der Waals surface area contributed by atoms with Crippen LogP contribution < -0.4 is 0 Å². The summed E-state index contributed by atoms with van der Waals surface area (Å²) in [7, 11) is 0. The summed E-state index contributed by atoms with van der Waals surface area (Å²) in [5.74, 6) is -9.91. The van der Waals surface area contributed by atoms with Gasteiger partial charge in [-0.3, -0.25) is 0 Å². The van der Waals surface area contributed by atoms with Crippen molar-refractivity contribution in [2.24, 2.45) is 0 Å². The summed E-state index contributed by atoms with van der Waals surface area (Å²) in [6, 6.07) is 3.49. The number of carboxylic acid groups (broad SMARTS) is 1. The Labute approximate surface area is 125 Å². The molecule has 2 rings (SSSR count). The molecular weight excluding hydrogens is 335 g/mol. The lowest BCUT2D eigenvalue weighted by Crippen LogP contribution is -2.11. The van der Waals surface area contributed by atoms with Crippen LogP contribution in [0.1, 0.15) is 10.4 Å². The second-order valence-corrected chi connectivity index (χ2v) is 4.78. The minimum Gasteiger partial charge on any atom is -0.477 e. The number of rotatable bonds is 2. The van der Waals surface area contributed by atoms with E-state index in [4.69, 9.17) is 28.3 Å². The maximum Gasteiger partial charge on any atom is 0.341 e. The molecule has 0 spiro atoms. The first-order valence-electron chi connectivity index (χ1n) is 5.30. The third kappa shape index (κ3) is 2.56. The SMILES string of the molecule is O=C(O)c1c(F)c(F)c(-c2cc(Cl)ccc2Cl)c(F)c1F. The van der Waals surface area contributed by atoms with Gasteiger partial charge < -0.3 is 5.11 Å². The highest BCUT2D eigenvalue weighted by Gasteiger charge is 2.30. The van der Waals surface area contributed by atoms with E-state index in [1.807, 2.05) is 0 Å². The predicted octanol–water partition coefficient (Wildman–Crippen LogP) is 4.92. The Bertz CT molecular complexity index is 733. The number of hydrogen-bond donors (Lipinski definition) is 1. The molecule has 0 amide bonds. The van der Waals surface area contributed by atoms with Crippen LogP contribution >= 0.6 is 23.2 Å². The molecule has 0 aromatic heterocycles. The van der Waals surface area contributed by atoms with Gasteiger partial charge in [-0.15, -0.1) is 0 Å².